The molecule has 0 bridgehead atoms. The fraction of sp³-hybridized carbons (Fsp3) is 0.111. The van der Waals surface area contributed by atoms with Gasteiger partial charge in [0, 0.05) is 6.20 Å². The van der Waals surface area contributed by atoms with E-state index < -0.39 is 10.0 Å². The predicted octanol–water partition coefficient (Wildman–Crippen LogP) is -0.185. The summed E-state index contributed by atoms with van der Waals surface area (Å²) in [4.78, 5) is 7.16. The second kappa shape index (κ2) is 4.91. The van der Waals surface area contributed by atoms with Crippen molar-refractivity contribution in [3.8, 4) is 6.07 Å². The molecule has 9 heteroatoms. The average Bonchev–Trinajstić information content (AvgIpc) is 2.89. The molecule has 2 aromatic heterocycles. The van der Waals surface area contributed by atoms with Crippen LogP contribution in [0.15, 0.2) is 34.1 Å². The van der Waals surface area contributed by atoms with Crippen LogP contribution in [0.4, 0.5) is 0 Å². The van der Waals surface area contributed by atoms with Crippen LogP contribution < -0.4 is 4.72 Å². The highest BCUT2D eigenvalue weighted by Crippen LogP contribution is 2.11. The highest BCUT2D eigenvalue weighted by Gasteiger charge is 2.19. The Hall–Kier alpha value is -2.31. The second-order valence-corrected chi connectivity index (χ2v) is 4.87. The van der Waals surface area contributed by atoms with Crippen molar-refractivity contribution < 1.29 is 12.9 Å². The average molecular weight is 265 g/mol. The number of aromatic nitrogens is 3. The quantitative estimate of drug-likeness (QED) is 0.813. The third kappa shape index (κ3) is 2.50. The maximum absolute atomic E-state index is 11.9. The molecule has 0 aliphatic rings. The zero-order chi connectivity index (χ0) is 13.0. The van der Waals surface area contributed by atoms with Crippen molar-refractivity contribution in [2.24, 2.45) is 0 Å². The number of sulfonamides is 1. The molecule has 1 N–H and O–H groups in total. The van der Waals surface area contributed by atoms with E-state index in [9.17, 15) is 8.42 Å². The zero-order valence-corrected chi connectivity index (χ0v) is 9.75. The van der Waals surface area contributed by atoms with Gasteiger partial charge in [-0.05, 0) is 12.1 Å². The first-order valence-corrected chi connectivity index (χ1v) is 6.22. The number of nitriles is 1. The normalized spacial score (nSPS) is 11.1. The monoisotopic (exact) mass is 265 g/mol. The third-order valence-electron chi connectivity index (χ3n) is 1.99. The van der Waals surface area contributed by atoms with Gasteiger partial charge in [-0.15, -0.1) is 0 Å². The maximum Gasteiger partial charge on any atom is 0.243 e. The molecule has 0 saturated heterocycles. The Bertz CT molecular complexity index is 674. The molecule has 0 aromatic carbocycles. The fourth-order valence-electron chi connectivity index (χ4n) is 1.20. The van der Waals surface area contributed by atoms with Crippen molar-refractivity contribution >= 4 is 10.0 Å². The standard InChI is InChI=1S/C9H7N5O3S/c10-4-7-8(2-1-3-11-7)18(15,16)13-5-9-12-6-17-14-9/h1-3,6,13H,5H2. The van der Waals surface area contributed by atoms with Gasteiger partial charge < -0.3 is 4.52 Å². The molecule has 0 fully saturated rings. The Morgan fingerprint density at radius 1 is 1.44 bits per heavy atom. The van der Waals surface area contributed by atoms with Crippen LogP contribution in [-0.2, 0) is 16.6 Å². The SMILES string of the molecule is N#Cc1ncccc1S(=O)(=O)NCc1ncon1. The first-order valence-electron chi connectivity index (χ1n) is 4.73. The van der Waals surface area contributed by atoms with Gasteiger partial charge in [0.15, 0.2) is 11.5 Å². The summed E-state index contributed by atoms with van der Waals surface area (Å²) < 4.78 is 30.6. The topological polar surface area (TPSA) is 122 Å². The van der Waals surface area contributed by atoms with Crippen LogP contribution in [0.5, 0.6) is 0 Å². The lowest BCUT2D eigenvalue weighted by atomic mass is 10.4. The van der Waals surface area contributed by atoms with Crippen molar-refractivity contribution in [1.29, 1.82) is 5.26 Å². The molecule has 0 aliphatic heterocycles. The van der Waals surface area contributed by atoms with Gasteiger partial charge in [-0.2, -0.15) is 10.2 Å². The molecule has 0 atom stereocenters. The van der Waals surface area contributed by atoms with Gasteiger partial charge in [0.1, 0.15) is 11.0 Å². The Balaban J connectivity index is 2.23. The fourth-order valence-corrected chi connectivity index (χ4v) is 2.28. The summed E-state index contributed by atoms with van der Waals surface area (Å²) in [5.41, 5.74) is -0.168. The molecular formula is C9H7N5O3S. The van der Waals surface area contributed by atoms with E-state index >= 15 is 0 Å². The van der Waals surface area contributed by atoms with Gasteiger partial charge >= 0.3 is 0 Å². The molecule has 2 aromatic rings. The van der Waals surface area contributed by atoms with Crippen LogP contribution in [0.2, 0.25) is 0 Å². The number of rotatable bonds is 4. The van der Waals surface area contributed by atoms with Crippen molar-refractivity contribution in [2.75, 3.05) is 0 Å². The van der Waals surface area contributed by atoms with Gasteiger partial charge in [-0.25, -0.2) is 18.1 Å². The van der Waals surface area contributed by atoms with Gasteiger partial charge in [-0.1, -0.05) is 5.16 Å². The van der Waals surface area contributed by atoms with Crippen molar-refractivity contribution in [3.05, 3.63) is 36.2 Å². The molecule has 0 amide bonds. The Morgan fingerprint density at radius 3 is 2.94 bits per heavy atom. The minimum absolute atomic E-state index is 0.126. The molecule has 0 spiro atoms. The van der Waals surface area contributed by atoms with Gasteiger partial charge in [0.05, 0.1) is 6.54 Å². The molecule has 8 nitrogen and oxygen atoms in total. The van der Waals surface area contributed by atoms with E-state index in [4.69, 9.17) is 5.26 Å². The van der Waals surface area contributed by atoms with Crippen LogP contribution in [0, 0.1) is 11.3 Å². The number of nitrogens with one attached hydrogen (secondary N) is 1. The maximum atomic E-state index is 11.9. The van der Waals surface area contributed by atoms with Gasteiger partial charge in [-0.3, -0.25) is 0 Å². The number of pyridine rings is 1. The number of hydrogen-bond acceptors (Lipinski definition) is 7. The summed E-state index contributed by atoms with van der Waals surface area (Å²) in [5.74, 6) is 0.195. The lowest BCUT2D eigenvalue weighted by Crippen LogP contribution is -2.24. The number of nitrogens with zero attached hydrogens (tertiary/aromatic N) is 4. The summed E-state index contributed by atoms with van der Waals surface area (Å²) in [5, 5.41) is 12.3. The van der Waals surface area contributed by atoms with Crippen LogP contribution >= 0.6 is 0 Å². The summed E-state index contributed by atoms with van der Waals surface area (Å²) in [6.07, 6.45) is 2.44. The molecule has 92 valence electrons. The minimum atomic E-state index is -3.84. The van der Waals surface area contributed by atoms with E-state index in [1.54, 1.807) is 6.07 Å². The van der Waals surface area contributed by atoms with E-state index in [0.29, 0.717) is 0 Å². The highest BCUT2D eigenvalue weighted by atomic mass is 32.2. The first kappa shape index (κ1) is 12.2. The highest BCUT2D eigenvalue weighted by molar-refractivity contribution is 7.89. The van der Waals surface area contributed by atoms with Crippen molar-refractivity contribution in [2.45, 2.75) is 11.4 Å². The lowest BCUT2D eigenvalue weighted by Gasteiger charge is -2.05. The van der Waals surface area contributed by atoms with E-state index in [-0.39, 0.29) is 23.0 Å². The van der Waals surface area contributed by atoms with Crippen LogP contribution in [0.1, 0.15) is 11.5 Å². The van der Waals surface area contributed by atoms with Crippen molar-refractivity contribution in [3.63, 3.8) is 0 Å². The minimum Gasteiger partial charge on any atom is -0.343 e. The second-order valence-electron chi connectivity index (χ2n) is 3.13. The van der Waals surface area contributed by atoms with E-state index in [0.717, 1.165) is 6.39 Å². The van der Waals surface area contributed by atoms with E-state index in [1.165, 1.54) is 18.3 Å². The molecule has 0 radical (unpaired) electrons. The van der Waals surface area contributed by atoms with Crippen molar-refractivity contribution in [1.82, 2.24) is 19.8 Å². The third-order valence-corrected chi connectivity index (χ3v) is 3.43. The Kier molecular flexibility index (Phi) is 3.31. The Morgan fingerprint density at radius 2 is 2.28 bits per heavy atom. The summed E-state index contributed by atoms with van der Waals surface area (Å²) >= 11 is 0. The molecule has 0 unspecified atom stereocenters. The summed E-state index contributed by atoms with van der Waals surface area (Å²) in [7, 11) is -3.84. The van der Waals surface area contributed by atoms with E-state index in [1.807, 2.05) is 0 Å². The number of hydrogen-bond donors (Lipinski definition) is 1. The molecular weight excluding hydrogens is 258 g/mol. The molecule has 2 heterocycles. The largest absolute Gasteiger partial charge is 0.343 e. The van der Waals surface area contributed by atoms with Gasteiger partial charge in [0.25, 0.3) is 0 Å². The van der Waals surface area contributed by atoms with E-state index in [2.05, 4.69) is 24.4 Å². The van der Waals surface area contributed by atoms with Crippen LogP contribution in [-0.4, -0.2) is 23.5 Å². The van der Waals surface area contributed by atoms with Gasteiger partial charge in [0.2, 0.25) is 16.4 Å². The molecule has 2 rings (SSSR count). The summed E-state index contributed by atoms with van der Waals surface area (Å²) in [6, 6.07) is 4.44. The molecule has 18 heavy (non-hydrogen) atoms. The molecule has 0 aliphatic carbocycles. The smallest absolute Gasteiger partial charge is 0.243 e. The van der Waals surface area contributed by atoms with Crippen LogP contribution in [0.25, 0.3) is 0 Å². The zero-order valence-electron chi connectivity index (χ0n) is 8.94. The first-order chi connectivity index (χ1) is 8.63. The molecule has 0 saturated carbocycles. The predicted molar refractivity (Wildman–Crippen MR) is 57.3 cm³/mol. The Labute approximate surface area is 102 Å². The van der Waals surface area contributed by atoms with Crippen LogP contribution in [0.3, 0.4) is 0 Å². The lowest BCUT2D eigenvalue weighted by molar-refractivity contribution is 0.409. The summed E-state index contributed by atoms with van der Waals surface area (Å²) in [6.45, 7) is -0.126.